The van der Waals surface area contributed by atoms with Crippen molar-refractivity contribution in [3.8, 4) is 11.4 Å². The molecular formula is C94H107BN4. The Morgan fingerprint density at radius 1 is 0.354 bits per heavy atom. The zero-order chi connectivity index (χ0) is 68.0. The maximum Gasteiger partial charge on any atom is 0.252 e. The molecule has 0 bridgehead atoms. The standard InChI is InChI=1S/C94H107BN4/c1-91(2,3)64-42-50-80-74(54-64)75-55-65(92(4,5)6)43-51-81(75)96(80)68-46-48-78-86(58-68)98(89-70(60-28-17-13-18-29-60)36-25-37-71(89)61-30-19-14-20-31-61)84-40-27-41-85-88(84)95(78)79-49-47-69(97-82-52-44-66(93(7,8)9)56-76(82)77-57-67(94(10,11)12)45-53-83(77)97)59-87(79)99(85)90-72(62-32-21-15-22-33-62)38-26-39-73(90)63-34-23-16-24-35-63/h13,15,17,21,27,30,34,36,38,40-60,62,71,73,89-90H,14,16,18-20,22-26,28-29,31-33,35,37,39H2,1-12H3. The van der Waals surface area contributed by atoms with Crippen LogP contribution in [0.2, 0.25) is 0 Å². The Morgan fingerprint density at radius 3 is 1.07 bits per heavy atom. The first-order valence-corrected chi connectivity index (χ1v) is 38.9. The molecule has 4 heterocycles. The SMILES string of the molecule is CC(C)(C)c1ccc2c(c1)c1cc(C(C)(C)C)ccc1n2-c1ccc2c(c1)N(C1C(C3CC=CCC3)=CCCC1C1=CCCCC1)c1cccc3c1B2c1ccc(-n2c4ccc(C(C)(C)C)cc4c4cc(C(C)(C)C)ccc42)cc1N3C1C(C2CC=CCC2)=CCCC1C1=CCCCC1. The second-order valence-electron chi connectivity index (χ2n) is 35.6. The third-order valence-electron chi connectivity index (χ3n) is 25.4. The summed E-state index contributed by atoms with van der Waals surface area (Å²) < 4.78 is 5.30. The molecule has 0 amide bonds. The van der Waals surface area contributed by atoms with E-state index in [-0.39, 0.29) is 40.5 Å². The molecule has 0 saturated heterocycles. The van der Waals surface area contributed by atoms with Crippen LogP contribution >= 0.6 is 0 Å². The first kappa shape index (κ1) is 64.6. The molecule has 0 radical (unpaired) electrons. The van der Waals surface area contributed by atoms with E-state index in [1.165, 1.54) is 193 Å². The first-order valence-electron chi connectivity index (χ1n) is 38.9. The highest BCUT2D eigenvalue weighted by Gasteiger charge is 2.51. The average Bonchev–Trinajstić information content (AvgIpc) is 1.02. The first-order chi connectivity index (χ1) is 47.7. The summed E-state index contributed by atoms with van der Waals surface area (Å²) >= 11 is 0. The fourth-order valence-electron chi connectivity index (χ4n) is 20.0. The molecule has 2 aliphatic heterocycles. The van der Waals surface area contributed by atoms with Gasteiger partial charge in [0.2, 0.25) is 0 Å². The lowest BCUT2D eigenvalue weighted by Gasteiger charge is -2.53. The number of hydrogen-bond acceptors (Lipinski definition) is 2. The van der Waals surface area contributed by atoms with Crippen LogP contribution in [-0.2, 0) is 21.7 Å². The number of aromatic nitrogens is 2. The largest absolute Gasteiger partial charge is 0.334 e. The Labute approximate surface area is 592 Å². The Hall–Kier alpha value is -7.76. The molecule has 0 spiro atoms. The topological polar surface area (TPSA) is 16.3 Å². The Balaban J connectivity index is 0.963. The van der Waals surface area contributed by atoms with Gasteiger partial charge in [-0.15, -0.1) is 0 Å². The van der Waals surface area contributed by atoms with Crippen molar-refractivity contribution in [3.05, 3.63) is 221 Å². The van der Waals surface area contributed by atoms with Gasteiger partial charge in [0.05, 0.1) is 34.2 Å². The molecular weight excluding hydrogens is 1200 g/mol. The highest BCUT2D eigenvalue weighted by Crippen LogP contribution is 2.53. The second kappa shape index (κ2) is 24.5. The Morgan fingerprint density at radius 2 is 0.737 bits per heavy atom. The zero-order valence-electron chi connectivity index (χ0n) is 61.8. The van der Waals surface area contributed by atoms with Crippen LogP contribution in [0, 0.1) is 23.7 Å². The fraction of sp³-hybridized carbons (Fsp3) is 0.426. The third kappa shape index (κ3) is 11.0. The van der Waals surface area contributed by atoms with Gasteiger partial charge in [-0.3, -0.25) is 0 Å². The molecule has 7 aromatic carbocycles. The van der Waals surface area contributed by atoms with Crippen molar-refractivity contribution < 1.29 is 0 Å². The van der Waals surface area contributed by atoms with Gasteiger partial charge in [0.25, 0.3) is 6.71 Å². The van der Waals surface area contributed by atoms with Gasteiger partial charge < -0.3 is 18.9 Å². The van der Waals surface area contributed by atoms with Crippen LogP contribution in [0.3, 0.4) is 0 Å². The minimum atomic E-state index is -0.0116. The van der Waals surface area contributed by atoms with E-state index in [4.69, 9.17) is 0 Å². The van der Waals surface area contributed by atoms with Gasteiger partial charge >= 0.3 is 0 Å². The number of allylic oxidation sites excluding steroid dienone is 8. The highest BCUT2D eigenvalue weighted by atomic mass is 15.2. The average molecular weight is 1300 g/mol. The molecule has 0 saturated carbocycles. The normalized spacial score (nSPS) is 22.9. The van der Waals surface area contributed by atoms with Crippen LogP contribution in [0.1, 0.15) is 221 Å². The lowest BCUT2D eigenvalue weighted by molar-refractivity contribution is 0.391. The van der Waals surface area contributed by atoms with E-state index in [1.54, 1.807) is 22.3 Å². The number of fused-ring (bicyclic) bond motifs is 10. The molecule has 2 aromatic heterocycles. The van der Waals surface area contributed by atoms with Crippen molar-refractivity contribution in [2.45, 2.75) is 232 Å². The molecule has 0 fully saturated rings. The smallest absolute Gasteiger partial charge is 0.252 e. The second-order valence-corrected chi connectivity index (χ2v) is 35.6. The molecule has 5 heteroatoms. The summed E-state index contributed by atoms with van der Waals surface area (Å²) in [6.07, 6.45) is 42.6. The minimum absolute atomic E-state index is 0.00495. The highest BCUT2D eigenvalue weighted by molar-refractivity contribution is 7.00. The van der Waals surface area contributed by atoms with Crippen LogP contribution in [0.15, 0.2) is 198 Å². The monoisotopic (exact) mass is 1300 g/mol. The number of rotatable bonds is 8. The molecule has 17 rings (SSSR count). The number of hydrogen-bond donors (Lipinski definition) is 0. The molecule has 6 aliphatic carbocycles. The summed E-state index contributed by atoms with van der Waals surface area (Å²) in [5.41, 5.74) is 29.9. The van der Waals surface area contributed by atoms with Crippen molar-refractivity contribution in [1.29, 1.82) is 0 Å². The van der Waals surface area contributed by atoms with Crippen molar-refractivity contribution in [3.63, 3.8) is 0 Å². The maximum absolute atomic E-state index is 3.04. The summed E-state index contributed by atoms with van der Waals surface area (Å²) in [6, 6.07) is 53.5. The molecule has 4 nitrogen and oxygen atoms in total. The van der Waals surface area contributed by atoms with E-state index in [0.29, 0.717) is 23.7 Å². The van der Waals surface area contributed by atoms with Gasteiger partial charge in [-0.1, -0.05) is 185 Å². The summed E-state index contributed by atoms with van der Waals surface area (Å²) in [7, 11) is 0. The van der Waals surface area contributed by atoms with Gasteiger partial charge in [-0.25, -0.2) is 0 Å². The van der Waals surface area contributed by atoms with Crippen LogP contribution < -0.4 is 26.2 Å². The molecule has 6 unspecified atom stereocenters. The Bertz CT molecular complexity index is 4470. The summed E-state index contributed by atoms with van der Waals surface area (Å²) in [6.45, 7) is 28.4. The van der Waals surface area contributed by atoms with Crippen LogP contribution in [0.25, 0.3) is 55.0 Å². The van der Waals surface area contributed by atoms with Gasteiger partial charge in [-0.05, 0) is 284 Å². The summed E-state index contributed by atoms with van der Waals surface area (Å²) in [4.78, 5) is 6.08. The van der Waals surface area contributed by atoms with E-state index >= 15 is 0 Å². The molecule has 9 aromatic rings. The minimum Gasteiger partial charge on any atom is -0.334 e. The van der Waals surface area contributed by atoms with E-state index in [0.717, 1.165) is 38.5 Å². The van der Waals surface area contributed by atoms with E-state index in [1.807, 2.05) is 0 Å². The number of benzene rings is 7. The van der Waals surface area contributed by atoms with E-state index in [2.05, 4.69) is 278 Å². The predicted molar refractivity (Wildman–Crippen MR) is 427 cm³/mol. The Kier molecular flexibility index (Phi) is 16.0. The molecule has 506 valence electrons. The molecule has 99 heavy (non-hydrogen) atoms. The quantitative estimate of drug-likeness (QED) is 0.111. The molecule has 0 N–H and O–H groups in total. The maximum atomic E-state index is 3.04. The van der Waals surface area contributed by atoms with E-state index in [9.17, 15) is 0 Å². The number of nitrogens with zero attached hydrogens (tertiary/aromatic N) is 4. The van der Waals surface area contributed by atoms with Crippen LogP contribution in [0.4, 0.5) is 22.7 Å². The lowest BCUT2D eigenvalue weighted by Crippen LogP contribution is -2.65. The zero-order valence-corrected chi connectivity index (χ0v) is 61.8. The molecule has 6 atom stereocenters. The third-order valence-corrected chi connectivity index (χ3v) is 25.4. The predicted octanol–water partition coefficient (Wildman–Crippen LogP) is 23.6. The van der Waals surface area contributed by atoms with E-state index < -0.39 is 0 Å². The van der Waals surface area contributed by atoms with Gasteiger partial charge in [-0.2, -0.15) is 0 Å². The van der Waals surface area contributed by atoms with Gasteiger partial charge in [0.1, 0.15) is 0 Å². The number of anilines is 4. The van der Waals surface area contributed by atoms with Crippen molar-refractivity contribution in [2.75, 3.05) is 9.80 Å². The van der Waals surface area contributed by atoms with Crippen molar-refractivity contribution in [1.82, 2.24) is 9.13 Å². The summed E-state index contributed by atoms with van der Waals surface area (Å²) in [5.74, 6) is 1.83. The van der Waals surface area contributed by atoms with Crippen LogP contribution in [0.5, 0.6) is 0 Å². The lowest BCUT2D eigenvalue weighted by atomic mass is 9.33. The fourth-order valence-corrected chi connectivity index (χ4v) is 20.0. The van der Waals surface area contributed by atoms with Gasteiger partial charge in [0, 0.05) is 67.5 Å². The van der Waals surface area contributed by atoms with Crippen molar-refractivity contribution in [2.24, 2.45) is 23.7 Å². The van der Waals surface area contributed by atoms with Crippen LogP contribution in [-0.4, -0.2) is 27.9 Å². The summed E-state index contributed by atoms with van der Waals surface area (Å²) in [5, 5.41) is 5.36. The van der Waals surface area contributed by atoms with Crippen molar-refractivity contribution >= 4 is 89.5 Å². The van der Waals surface area contributed by atoms with Gasteiger partial charge in [0.15, 0.2) is 0 Å². The molecule has 8 aliphatic rings.